The number of carbonyl (C=O) groups is 4. The summed E-state index contributed by atoms with van der Waals surface area (Å²) in [5.41, 5.74) is 4.00. The summed E-state index contributed by atoms with van der Waals surface area (Å²) in [5.74, 6) is -1.03. The highest BCUT2D eigenvalue weighted by Gasteiger charge is 2.37. The van der Waals surface area contributed by atoms with Gasteiger partial charge in [-0.3, -0.25) is 24.1 Å². The van der Waals surface area contributed by atoms with Gasteiger partial charge in [-0.25, -0.2) is 0 Å². The van der Waals surface area contributed by atoms with Crippen LogP contribution in [0.2, 0.25) is 0 Å². The molecule has 7 nitrogen and oxygen atoms in total. The van der Waals surface area contributed by atoms with Gasteiger partial charge in [0.25, 0.3) is 11.1 Å². The zero-order valence-electron chi connectivity index (χ0n) is 18.7. The first-order valence-corrected chi connectivity index (χ1v) is 13.4. The first kappa shape index (κ1) is 25.6. The van der Waals surface area contributed by atoms with Gasteiger partial charge in [-0.1, -0.05) is 0 Å². The summed E-state index contributed by atoms with van der Waals surface area (Å²) >= 11 is 5.14. The van der Waals surface area contributed by atoms with Crippen LogP contribution in [-0.2, 0) is 9.59 Å². The number of aromatic nitrogens is 1. The van der Waals surface area contributed by atoms with E-state index in [4.69, 9.17) is 0 Å². The molecule has 178 valence electrons. The van der Waals surface area contributed by atoms with E-state index in [0.29, 0.717) is 16.8 Å². The van der Waals surface area contributed by atoms with Crippen LogP contribution in [0.15, 0.2) is 53.4 Å². The molecule has 0 radical (unpaired) electrons. The Balaban J connectivity index is 1.60. The third-order valence-corrected chi connectivity index (χ3v) is 7.87. The molecule has 1 fully saturated rings. The minimum atomic E-state index is -0.561. The summed E-state index contributed by atoms with van der Waals surface area (Å²) in [6.45, 7) is 3.31. The molecule has 1 saturated heterocycles. The van der Waals surface area contributed by atoms with E-state index >= 15 is 0 Å². The lowest BCUT2D eigenvalue weighted by Crippen LogP contribution is -2.36. The fourth-order valence-electron chi connectivity index (χ4n) is 3.84. The fraction of sp³-hybridized carbons (Fsp3) is 0.120. The molecule has 35 heavy (non-hydrogen) atoms. The maximum atomic E-state index is 13.0. The van der Waals surface area contributed by atoms with Gasteiger partial charge in [-0.15, -0.1) is 0 Å². The quantitative estimate of drug-likeness (QED) is 0.199. The normalized spacial score (nSPS) is 14.6. The van der Waals surface area contributed by atoms with E-state index in [9.17, 15) is 19.2 Å². The maximum Gasteiger partial charge on any atom is 0.294 e. The van der Waals surface area contributed by atoms with Gasteiger partial charge in [-0.2, -0.15) is 0 Å². The van der Waals surface area contributed by atoms with Gasteiger partial charge in [0.1, 0.15) is 6.54 Å². The number of aldehydes is 1. The zero-order chi connectivity index (χ0) is 25.3. The summed E-state index contributed by atoms with van der Waals surface area (Å²) < 4.78 is 4.06. The van der Waals surface area contributed by atoms with Crippen molar-refractivity contribution in [3.8, 4) is 5.69 Å². The number of hydrogen-bond donors (Lipinski definition) is 1. The van der Waals surface area contributed by atoms with Crippen LogP contribution in [0.4, 0.5) is 10.5 Å². The maximum absolute atomic E-state index is 13.0. The van der Waals surface area contributed by atoms with Crippen LogP contribution >= 0.6 is 56.9 Å². The molecular formula is C25H19I2N3O4S. The summed E-state index contributed by atoms with van der Waals surface area (Å²) in [6.07, 6.45) is 2.33. The highest BCUT2D eigenvalue weighted by atomic mass is 127. The van der Waals surface area contributed by atoms with Crippen molar-refractivity contribution in [3.63, 3.8) is 0 Å². The number of amides is 3. The number of benzene rings is 2. The Bertz CT molecular complexity index is 1380. The number of imide groups is 1. The number of nitrogens with zero attached hydrogens (tertiary/aromatic N) is 2. The van der Waals surface area contributed by atoms with Crippen molar-refractivity contribution in [1.82, 2.24) is 9.47 Å². The number of carbonyl (C=O) groups excluding carboxylic acids is 4. The lowest BCUT2D eigenvalue weighted by atomic mass is 10.1. The zero-order valence-corrected chi connectivity index (χ0v) is 23.8. The molecule has 0 atom stereocenters. The van der Waals surface area contributed by atoms with E-state index in [1.807, 2.05) is 54.8 Å². The fourth-order valence-corrected chi connectivity index (χ4v) is 5.37. The van der Waals surface area contributed by atoms with Crippen molar-refractivity contribution in [2.45, 2.75) is 13.8 Å². The summed E-state index contributed by atoms with van der Waals surface area (Å²) in [7, 11) is 0. The second kappa shape index (κ2) is 10.7. The average Bonchev–Trinajstić information content (AvgIpc) is 3.22. The molecule has 0 spiro atoms. The molecular weight excluding hydrogens is 692 g/mol. The molecule has 1 aliphatic heterocycles. The second-order valence-electron chi connectivity index (χ2n) is 7.75. The summed E-state index contributed by atoms with van der Waals surface area (Å²) in [5, 5.41) is 2.17. The Morgan fingerprint density at radius 2 is 1.51 bits per heavy atom. The van der Waals surface area contributed by atoms with E-state index in [0.717, 1.165) is 47.2 Å². The van der Waals surface area contributed by atoms with Gasteiger partial charge < -0.3 is 9.88 Å². The number of nitrogens with one attached hydrogen (secondary N) is 1. The van der Waals surface area contributed by atoms with Crippen molar-refractivity contribution in [2.24, 2.45) is 0 Å². The standard InChI is InChI=1S/C25H19I2N3O4S/c1-14-20(21(13-31)15(2)30(14)19-9-5-17(27)6-10-19)11-22-24(33)29(25(34)35-22)12-23(32)28-18-7-3-16(26)4-8-18/h3-11,13H,12H2,1-2H3,(H,28,32)/b22-11-. The lowest BCUT2D eigenvalue weighted by Gasteiger charge is -2.12. The molecule has 2 heterocycles. The molecule has 0 bridgehead atoms. The predicted octanol–water partition coefficient (Wildman–Crippen LogP) is 5.79. The van der Waals surface area contributed by atoms with Gasteiger partial charge in [-0.05, 0) is 125 Å². The van der Waals surface area contributed by atoms with Gasteiger partial charge in [0.2, 0.25) is 5.91 Å². The van der Waals surface area contributed by atoms with Crippen molar-refractivity contribution >= 4 is 92.0 Å². The smallest absolute Gasteiger partial charge is 0.294 e. The average molecular weight is 711 g/mol. The molecule has 1 aliphatic rings. The SMILES string of the molecule is Cc1c(C=O)c(/C=C2\SC(=O)N(CC(=O)Nc3ccc(I)cc3)C2=O)c(C)n1-c1ccc(I)cc1. The van der Waals surface area contributed by atoms with Crippen LogP contribution in [0.3, 0.4) is 0 Å². The highest BCUT2D eigenvalue weighted by molar-refractivity contribution is 14.1. The van der Waals surface area contributed by atoms with Crippen LogP contribution in [-0.4, -0.2) is 39.4 Å². The van der Waals surface area contributed by atoms with Crippen LogP contribution < -0.4 is 5.32 Å². The molecule has 1 aromatic heterocycles. The highest BCUT2D eigenvalue weighted by Crippen LogP contribution is 2.35. The number of hydrogen-bond acceptors (Lipinski definition) is 5. The van der Waals surface area contributed by atoms with Crippen molar-refractivity contribution < 1.29 is 19.2 Å². The number of halogens is 2. The molecule has 0 unspecified atom stereocenters. The Morgan fingerprint density at radius 1 is 0.943 bits per heavy atom. The predicted molar refractivity (Wildman–Crippen MR) is 154 cm³/mol. The van der Waals surface area contributed by atoms with E-state index in [1.165, 1.54) is 0 Å². The van der Waals surface area contributed by atoms with Gasteiger partial charge >= 0.3 is 0 Å². The Hall–Kier alpha value is -2.45. The van der Waals surface area contributed by atoms with E-state index < -0.39 is 23.6 Å². The summed E-state index contributed by atoms with van der Waals surface area (Å²) in [6, 6.07) is 15.0. The van der Waals surface area contributed by atoms with Crippen molar-refractivity contribution in [2.75, 3.05) is 11.9 Å². The van der Waals surface area contributed by atoms with Gasteiger partial charge in [0.05, 0.1) is 4.91 Å². The lowest BCUT2D eigenvalue weighted by molar-refractivity contribution is -0.127. The molecule has 2 aromatic carbocycles. The van der Waals surface area contributed by atoms with Crippen molar-refractivity contribution in [3.05, 3.63) is 83.1 Å². The van der Waals surface area contributed by atoms with Crippen molar-refractivity contribution in [1.29, 1.82) is 0 Å². The van der Waals surface area contributed by atoms with Crippen LogP contribution in [0.25, 0.3) is 11.8 Å². The molecule has 0 saturated carbocycles. The Morgan fingerprint density at radius 3 is 2.11 bits per heavy atom. The number of rotatable bonds is 6. The first-order valence-electron chi connectivity index (χ1n) is 10.4. The van der Waals surface area contributed by atoms with Gasteiger partial charge in [0, 0.05) is 41.0 Å². The number of thioether (sulfide) groups is 1. The molecule has 10 heteroatoms. The minimum Gasteiger partial charge on any atom is -0.325 e. The monoisotopic (exact) mass is 711 g/mol. The Kier molecular flexibility index (Phi) is 7.81. The van der Waals surface area contributed by atoms with Crippen LogP contribution in [0.5, 0.6) is 0 Å². The molecule has 3 aromatic rings. The minimum absolute atomic E-state index is 0.169. The first-order chi connectivity index (χ1) is 16.7. The van der Waals surface area contributed by atoms with Gasteiger partial charge in [0.15, 0.2) is 6.29 Å². The molecule has 0 aliphatic carbocycles. The van der Waals surface area contributed by atoms with E-state index in [1.54, 1.807) is 18.2 Å². The second-order valence-corrected chi connectivity index (χ2v) is 11.2. The largest absolute Gasteiger partial charge is 0.325 e. The number of anilines is 1. The van der Waals surface area contributed by atoms with Crippen LogP contribution in [0, 0.1) is 21.0 Å². The van der Waals surface area contributed by atoms with Crippen LogP contribution in [0.1, 0.15) is 27.3 Å². The van der Waals surface area contributed by atoms with E-state index in [2.05, 4.69) is 50.5 Å². The molecule has 4 rings (SSSR count). The third-order valence-electron chi connectivity index (χ3n) is 5.52. The third kappa shape index (κ3) is 5.38. The molecule has 1 N–H and O–H groups in total. The summed E-state index contributed by atoms with van der Waals surface area (Å²) in [4.78, 5) is 51.1. The topological polar surface area (TPSA) is 88.5 Å². The Labute approximate surface area is 233 Å². The molecule has 3 amide bonds. The van der Waals surface area contributed by atoms with E-state index in [-0.39, 0.29) is 4.91 Å².